The third-order valence-electron chi connectivity index (χ3n) is 2.34. The minimum absolute atomic E-state index is 0.0214. The highest BCUT2D eigenvalue weighted by Gasteiger charge is 2.32. The Bertz CT molecular complexity index is 415. The van der Waals surface area contributed by atoms with Crippen LogP contribution in [0.4, 0.5) is 0 Å². The first kappa shape index (κ1) is 14.8. The molecule has 1 fully saturated rings. The van der Waals surface area contributed by atoms with Crippen LogP contribution in [0.5, 0.6) is 0 Å². The number of rotatable bonds is 6. The lowest BCUT2D eigenvalue weighted by Crippen LogP contribution is -2.32. The van der Waals surface area contributed by atoms with Gasteiger partial charge in [-0.3, -0.25) is 19.2 Å². The molecule has 1 heterocycles. The van der Waals surface area contributed by atoms with E-state index in [9.17, 15) is 24.0 Å². The van der Waals surface area contributed by atoms with Gasteiger partial charge in [-0.1, -0.05) is 0 Å². The Morgan fingerprint density at radius 3 is 2.26 bits per heavy atom. The Balaban J connectivity index is 2.28. The average Bonchev–Trinajstić information content (AvgIpc) is 2.65. The standard InChI is InChI=1S/C11H14N2O6/c1-7(14)12-6-8(15)2-5-11(18)19-13-9(16)3-4-10(13)17/h2-6H2,1H3,(H,12,14). The number of nitrogens with one attached hydrogen (secondary N) is 1. The second-order valence-corrected chi connectivity index (χ2v) is 3.99. The van der Waals surface area contributed by atoms with Crippen LogP contribution in [-0.2, 0) is 28.8 Å². The quantitative estimate of drug-likeness (QED) is 0.625. The van der Waals surface area contributed by atoms with E-state index in [0.717, 1.165) is 0 Å². The fourth-order valence-electron chi connectivity index (χ4n) is 1.36. The van der Waals surface area contributed by atoms with Gasteiger partial charge in [0.2, 0.25) is 5.91 Å². The van der Waals surface area contributed by atoms with Crippen molar-refractivity contribution in [3.05, 3.63) is 0 Å². The van der Waals surface area contributed by atoms with Crippen LogP contribution < -0.4 is 5.32 Å². The van der Waals surface area contributed by atoms with Crippen LogP contribution >= 0.6 is 0 Å². The molecule has 1 N–H and O–H groups in total. The summed E-state index contributed by atoms with van der Waals surface area (Å²) >= 11 is 0. The van der Waals surface area contributed by atoms with Crippen LogP contribution in [0.1, 0.15) is 32.6 Å². The maximum absolute atomic E-state index is 11.3. The third kappa shape index (κ3) is 4.86. The predicted octanol–water partition coefficient (Wildman–Crippen LogP) is -0.921. The second kappa shape index (κ2) is 6.62. The molecule has 0 saturated carbocycles. The molecule has 0 aliphatic carbocycles. The molecule has 19 heavy (non-hydrogen) atoms. The maximum Gasteiger partial charge on any atom is 0.333 e. The number of hydrogen-bond acceptors (Lipinski definition) is 6. The molecule has 8 heteroatoms. The van der Waals surface area contributed by atoms with E-state index in [1.54, 1.807) is 0 Å². The highest BCUT2D eigenvalue weighted by molar-refractivity contribution is 6.01. The molecule has 0 radical (unpaired) electrons. The summed E-state index contributed by atoms with van der Waals surface area (Å²) in [6, 6.07) is 0. The fourth-order valence-corrected chi connectivity index (χ4v) is 1.36. The molecule has 0 unspecified atom stereocenters. The monoisotopic (exact) mass is 270 g/mol. The van der Waals surface area contributed by atoms with Gasteiger partial charge in [-0.2, -0.15) is 0 Å². The number of hydrogen-bond donors (Lipinski definition) is 1. The van der Waals surface area contributed by atoms with Crippen molar-refractivity contribution in [1.82, 2.24) is 10.4 Å². The minimum atomic E-state index is -0.834. The van der Waals surface area contributed by atoms with Gasteiger partial charge in [0.05, 0.1) is 13.0 Å². The maximum atomic E-state index is 11.3. The molecule has 8 nitrogen and oxygen atoms in total. The lowest BCUT2D eigenvalue weighted by molar-refractivity contribution is -0.197. The molecule has 0 aromatic heterocycles. The lowest BCUT2D eigenvalue weighted by atomic mass is 10.2. The van der Waals surface area contributed by atoms with Gasteiger partial charge in [0.1, 0.15) is 0 Å². The molecule has 0 aromatic carbocycles. The zero-order valence-electron chi connectivity index (χ0n) is 10.4. The van der Waals surface area contributed by atoms with Crippen molar-refractivity contribution in [2.24, 2.45) is 0 Å². The van der Waals surface area contributed by atoms with Gasteiger partial charge in [0.15, 0.2) is 5.78 Å². The molecule has 0 atom stereocenters. The molecular weight excluding hydrogens is 256 g/mol. The van der Waals surface area contributed by atoms with Gasteiger partial charge in [-0.05, 0) is 0 Å². The number of imide groups is 1. The topological polar surface area (TPSA) is 110 Å². The fraction of sp³-hybridized carbons (Fsp3) is 0.545. The third-order valence-corrected chi connectivity index (χ3v) is 2.34. The van der Waals surface area contributed by atoms with Gasteiger partial charge < -0.3 is 10.2 Å². The molecule has 1 aliphatic heterocycles. The van der Waals surface area contributed by atoms with E-state index in [0.29, 0.717) is 5.06 Å². The number of carbonyl (C=O) groups excluding carboxylic acids is 5. The summed E-state index contributed by atoms with van der Waals surface area (Å²) in [6.45, 7) is 1.11. The van der Waals surface area contributed by atoms with Crippen molar-refractivity contribution >= 4 is 29.5 Å². The SMILES string of the molecule is CC(=O)NCC(=O)CCC(=O)ON1C(=O)CCC1=O. The largest absolute Gasteiger partial charge is 0.349 e. The van der Waals surface area contributed by atoms with E-state index in [1.165, 1.54) is 6.92 Å². The van der Waals surface area contributed by atoms with Crippen LogP contribution in [0.2, 0.25) is 0 Å². The van der Waals surface area contributed by atoms with Crippen LogP contribution in [0, 0.1) is 0 Å². The summed E-state index contributed by atoms with van der Waals surface area (Å²) in [5, 5.41) is 2.73. The smallest absolute Gasteiger partial charge is 0.333 e. The number of amides is 3. The highest BCUT2D eigenvalue weighted by Crippen LogP contribution is 2.12. The summed E-state index contributed by atoms with van der Waals surface area (Å²) in [5.74, 6) is -2.65. The second-order valence-electron chi connectivity index (χ2n) is 3.99. The molecule has 1 aliphatic rings. The number of hydroxylamine groups is 2. The summed E-state index contributed by atoms with van der Waals surface area (Å²) in [4.78, 5) is 60.0. The molecule has 0 aromatic rings. The number of ketones is 1. The first-order valence-electron chi connectivity index (χ1n) is 5.73. The van der Waals surface area contributed by atoms with Gasteiger partial charge in [-0.15, -0.1) is 5.06 Å². The van der Waals surface area contributed by atoms with Gasteiger partial charge in [0.25, 0.3) is 11.8 Å². The Kier molecular flexibility index (Phi) is 5.16. The van der Waals surface area contributed by atoms with Crippen molar-refractivity contribution in [3.63, 3.8) is 0 Å². The van der Waals surface area contributed by atoms with E-state index in [2.05, 4.69) is 10.2 Å². The lowest BCUT2D eigenvalue weighted by Gasteiger charge is -2.12. The summed E-state index contributed by atoms with van der Waals surface area (Å²) in [5.41, 5.74) is 0. The van der Waals surface area contributed by atoms with Crippen LogP contribution in [0.25, 0.3) is 0 Å². The number of carbonyl (C=O) groups is 5. The van der Waals surface area contributed by atoms with Crippen LogP contribution in [0.15, 0.2) is 0 Å². The minimum Gasteiger partial charge on any atom is -0.349 e. The van der Waals surface area contributed by atoms with Crippen molar-refractivity contribution in [2.75, 3.05) is 6.54 Å². The molecule has 0 bridgehead atoms. The average molecular weight is 270 g/mol. The van der Waals surface area contributed by atoms with Crippen molar-refractivity contribution < 1.29 is 28.8 Å². The Labute approximate surface area is 109 Å². The number of nitrogens with zero attached hydrogens (tertiary/aromatic N) is 1. The zero-order valence-corrected chi connectivity index (χ0v) is 10.4. The molecule has 104 valence electrons. The Morgan fingerprint density at radius 1 is 1.16 bits per heavy atom. The van der Waals surface area contributed by atoms with E-state index in [1.807, 2.05) is 0 Å². The van der Waals surface area contributed by atoms with Gasteiger partial charge in [0, 0.05) is 26.2 Å². The van der Waals surface area contributed by atoms with E-state index in [4.69, 9.17) is 0 Å². The summed E-state index contributed by atoms with van der Waals surface area (Å²) in [7, 11) is 0. The normalized spacial score (nSPS) is 14.5. The Morgan fingerprint density at radius 2 is 1.74 bits per heavy atom. The predicted molar refractivity (Wildman–Crippen MR) is 60.1 cm³/mol. The van der Waals surface area contributed by atoms with E-state index in [-0.39, 0.29) is 43.9 Å². The van der Waals surface area contributed by atoms with Crippen LogP contribution in [-0.4, -0.2) is 41.1 Å². The highest BCUT2D eigenvalue weighted by atomic mass is 16.7. The summed E-state index contributed by atoms with van der Waals surface area (Å²) < 4.78 is 0. The Hall–Kier alpha value is -2.25. The first-order valence-corrected chi connectivity index (χ1v) is 5.73. The molecule has 1 rings (SSSR count). The van der Waals surface area contributed by atoms with Crippen molar-refractivity contribution in [3.8, 4) is 0 Å². The number of Topliss-reactive ketones (excluding diaryl/α,β-unsaturated/α-hetero) is 1. The van der Waals surface area contributed by atoms with Crippen molar-refractivity contribution in [2.45, 2.75) is 32.6 Å². The first-order chi connectivity index (χ1) is 8.90. The van der Waals surface area contributed by atoms with E-state index >= 15 is 0 Å². The van der Waals surface area contributed by atoms with Crippen molar-refractivity contribution in [1.29, 1.82) is 0 Å². The molecule has 0 spiro atoms. The molecule has 3 amide bonds. The zero-order chi connectivity index (χ0) is 14.4. The van der Waals surface area contributed by atoms with Gasteiger partial charge in [-0.25, -0.2) is 4.79 Å². The molecular formula is C11H14N2O6. The molecule has 1 saturated heterocycles. The van der Waals surface area contributed by atoms with E-state index < -0.39 is 17.8 Å². The van der Waals surface area contributed by atoms with Gasteiger partial charge >= 0.3 is 5.97 Å². The summed E-state index contributed by atoms with van der Waals surface area (Å²) in [6.07, 6.45) is -0.341. The van der Waals surface area contributed by atoms with Crippen LogP contribution in [0.3, 0.4) is 0 Å².